The van der Waals surface area contributed by atoms with E-state index in [-0.39, 0.29) is 6.04 Å². The van der Waals surface area contributed by atoms with Crippen molar-refractivity contribution in [2.24, 2.45) is 5.73 Å². The summed E-state index contributed by atoms with van der Waals surface area (Å²) >= 11 is 0. The fourth-order valence-corrected chi connectivity index (χ4v) is 2.25. The molecule has 108 valence electrons. The molecule has 3 heteroatoms. The van der Waals surface area contributed by atoms with Gasteiger partial charge < -0.3 is 15.5 Å². The van der Waals surface area contributed by atoms with Crippen molar-refractivity contribution < 1.29 is 0 Å². The molecular weight excluding hydrogens is 234 g/mol. The number of nitrogens with zero attached hydrogens (tertiary/aromatic N) is 2. The summed E-state index contributed by atoms with van der Waals surface area (Å²) in [5, 5.41) is 0. The fourth-order valence-electron chi connectivity index (χ4n) is 2.25. The van der Waals surface area contributed by atoms with E-state index in [2.05, 4.69) is 63.0 Å². The Morgan fingerprint density at radius 3 is 2.37 bits per heavy atom. The highest BCUT2D eigenvalue weighted by Crippen LogP contribution is 2.19. The normalized spacial score (nSPS) is 12.8. The minimum absolute atomic E-state index is 0.224. The minimum atomic E-state index is 0.224. The zero-order chi connectivity index (χ0) is 14.4. The van der Waals surface area contributed by atoms with Crippen LogP contribution in [0.4, 0.5) is 5.69 Å². The number of nitrogens with two attached hydrogens (primary N) is 1. The van der Waals surface area contributed by atoms with E-state index < -0.39 is 0 Å². The largest absolute Gasteiger partial charge is 0.375 e. The zero-order valence-electron chi connectivity index (χ0n) is 13.1. The van der Waals surface area contributed by atoms with Crippen LogP contribution >= 0.6 is 0 Å². The maximum Gasteiger partial charge on any atom is 0.0366 e. The number of rotatable bonds is 7. The zero-order valence-corrected chi connectivity index (χ0v) is 13.1. The molecule has 0 aliphatic heterocycles. The first-order valence-electron chi connectivity index (χ1n) is 7.11. The summed E-state index contributed by atoms with van der Waals surface area (Å²) in [5.41, 5.74) is 9.87. The Bertz CT molecular complexity index is 386. The quantitative estimate of drug-likeness (QED) is 0.819. The van der Waals surface area contributed by atoms with Crippen LogP contribution in [0.5, 0.6) is 0 Å². The molecule has 1 aromatic rings. The number of anilines is 1. The van der Waals surface area contributed by atoms with E-state index in [0.717, 1.165) is 19.5 Å². The molecule has 0 spiro atoms. The van der Waals surface area contributed by atoms with Gasteiger partial charge in [-0.3, -0.25) is 0 Å². The second-order valence-corrected chi connectivity index (χ2v) is 5.87. The van der Waals surface area contributed by atoms with Crippen molar-refractivity contribution in [2.75, 3.05) is 39.1 Å². The lowest BCUT2D eigenvalue weighted by Crippen LogP contribution is -2.23. The van der Waals surface area contributed by atoms with Gasteiger partial charge in [0.05, 0.1) is 0 Å². The van der Waals surface area contributed by atoms with Gasteiger partial charge in [-0.1, -0.05) is 6.07 Å². The molecule has 0 amide bonds. The van der Waals surface area contributed by atoms with E-state index in [0.29, 0.717) is 0 Å². The monoisotopic (exact) mass is 263 g/mol. The van der Waals surface area contributed by atoms with Crippen molar-refractivity contribution in [3.63, 3.8) is 0 Å². The van der Waals surface area contributed by atoms with Crippen LogP contribution in [0.3, 0.4) is 0 Å². The SMILES string of the molecule is Cc1cc(N(C)CCCN(C)C)ccc1CC(C)N. The van der Waals surface area contributed by atoms with E-state index in [1.54, 1.807) is 0 Å². The lowest BCUT2D eigenvalue weighted by molar-refractivity contribution is 0.401. The highest BCUT2D eigenvalue weighted by molar-refractivity contribution is 5.50. The van der Waals surface area contributed by atoms with E-state index in [4.69, 9.17) is 5.73 Å². The molecule has 0 fully saturated rings. The molecule has 3 nitrogen and oxygen atoms in total. The maximum atomic E-state index is 5.87. The Kier molecular flexibility index (Phi) is 6.32. The van der Waals surface area contributed by atoms with E-state index in [1.165, 1.54) is 23.2 Å². The molecule has 0 saturated carbocycles. The molecule has 0 aliphatic carbocycles. The predicted octanol–water partition coefficient (Wildman–Crippen LogP) is 2.27. The Labute approximate surface area is 118 Å². The average Bonchev–Trinajstić information content (AvgIpc) is 2.30. The summed E-state index contributed by atoms with van der Waals surface area (Å²) in [7, 11) is 6.40. The van der Waals surface area contributed by atoms with Crippen LogP contribution in [-0.2, 0) is 6.42 Å². The molecular formula is C16H29N3. The molecule has 1 atom stereocenters. The highest BCUT2D eigenvalue weighted by Gasteiger charge is 2.06. The van der Waals surface area contributed by atoms with Crippen LogP contribution in [0.1, 0.15) is 24.5 Å². The summed E-state index contributed by atoms with van der Waals surface area (Å²) in [5.74, 6) is 0. The number of benzene rings is 1. The number of aryl methyl sites for hydroxylation is 1. The van der Waals surface area contributed by atoms with E-state index in [9.17, 15) is 0 Å². The smallest absolute Gasteiger partial charge is 0.0366 e. The summed E-state index contributed by atoms with van der Waals surface area (Å²) in [6.45, 7) is 6.45. The Balaban J connectivity index is 2.61. The van der Waals surface area contributed by atoms with Crippen LogP contribution in [0.25, 0.3) is 0 Å². The molecule has 2 N–H and O–H groups in total. The average molecular weight is 263 g/mol. The van der Waals surface area contributed by atoms with Crippen LogP contribution < -0.4 is 10.6 Å². The summed E-state index contributed by atoms with van der Waals surface area (Å²) in [4.78, 5) is 4.55. The molecule has 0 aromatic heterocycles. The van der Waals surface area contributed by atoms with Gasteiger partial charge in [-0.05, 0) is 70.6 Å². The van der Waals surface area contributed by atoms with Gasteiger partial charge in [0.25, 0.3) is 0 Å². The third kappa shape index (κ3) is 5.62. The molecule has 0 aliphatic rings. The Morgan fingerprint density at radius 1 is 1.16 bits per heavy atom. The lowest BCUT2D eigenvalue weighted by atomic mass is 10.0. The van der Waals surface area contributed by atoms with Gasteiger partial charge in [0.15, 0.2) is 0 Å². The van der Waals surface area contributed by atoms with Gasteiger partial charge in [0.2, 0.25) is 0 Å². The molecule has 1 unspecified atom stereocenters. The summed E-state index contributed by atoms with van der Waals surface area (Å²) in [6, 6.07) is 6.92. The standard InChI is InChI=1S/C16H29N3/c1-13-11-16(8-7-15(13)12-14(2)17)19(5)10-6-9-18(3)4/h7-8,11,14H,6,9-10,12,17H2,1-5H3. The van der Waals surface area contributed by atoms with E-state index in [1.807, 2.05) is 0 Å². The second kappa shape index (κ2) is 7.51. The Morgan fingerprint density at radius 2 is 1.84 bits per heavy atom. The fraction of sp³-hybridized carbons (Fsp3) is 0.625. The number of hydrogen-bond donors (Lipinski definition) is 1. The molecule has 0 heterocycles. The van der Waals surface area contributed by atoms with Crippen molar-refractivity contribution in [2.45, 2.75) is 32.7 Å². The van der Waals surface area contributed by atoms with Crippen molar-refractivity contribution in [1.82, 2.24) is 4.90 Å². The molecule has 0 saturated heterocycles. The van der Waals surface area contributed by atoms with Gasteiger partial charge in [0, 0.05) is 25.3 Å². The first-order valence-corrected chi connectivity index (χ1v) is 7.11. The van der Waals surface area contributed by atoms with Gasteiger partial charge in [-0.15, -0.1) is 0 Å². The lowest BCUT2D eigenvalue weighted by Gasteiger charge is -2.22. The van der Waals surface area contributed by atoms with Crippen LogP contribution in [0.15, 0.2) is 18.2 Å². The van der Waals surface area contributed by atoms with Crippen molar-refractivity contribution in [3.8, 4) is 0 Å². The topological polar surface area (TPSA) is 32.5 Å². The molecule has 19 heavy (non-hydrogen) atoms. The second-order valence-electron chi connectivity index (χ2n) is 5.87. The van der Waals surface area contributed by atoms with Gasteiger partial charge >= 0.3 is 0 Å². The van der Waals surface area contributed by atoms with Crippen molar-refractivity contribution in [1.29, 1.82) is 0 Å². The molecule has 0 radical (unpaired) electrons. The maximum absolute atomic E-state index is 5.87. The van der Waals surface area contributed by atoms with Crippen LogP contribution in [-0.4, -0.2) is 45.2 Å². The van der Waals surface area contributed by atoms with Gasteiger partial charge in [0.1, 0.15) is 0 Å². The molecule has 1 aromatic carbocycles. The third-order valence-electron chi connectivity index (χ3n) is 3.41. The number of hydrogen-bond acceptors (Lipinski definition) is 3. The minimum Gasteiger partial charge on any atom is -0.375 e. The van der Waals surface area contributed by atoms with Crippen LogP contribution in [0.2, 0.25) is 0 Å². The first kappa shape index (κ1) is 16.0. The molecule has 0 bridgehead atoms. The third-order valence-corrected chi connectivity index (χ3v) is 3.41. The summed E-state index contributed by atoms with van der Waals surface area (Å²) in [6.07, 6.45) is 2.14. The highest BCUT2D eigenvalue weighted by atomic mass is 15.1. The van der Waals surface area contributed by atoms with Crippen molar-refractivity contribution in [3.05, 3.63) is 29.3 Å². The first-order chi connectivity index (χ1) is 8.90. The van der Waals surface area contributed by atoms with E-state index >= 15 is 0 Å². The Hall–Kier alpha value is -1.06. The summed E-state index contributed by atoms with van der Waals surface area (Å²) < 4.78 is 0. The van der Waals surface area contributed by atoms with Crippen molar-refractivity contribution >= 4 is 5.69 Å². The molecule has 1 rings (SSSR count). The predicted molar refractivity (Wildman–Crippen MR) is 85.0 cm³/mol. The van der Waals surface area contributed by atoms with Gasteiger partial charge in [-0.25, -0.2) is 0 Å². The van der Waals surface area contributed by atoms with Crippen LogP contribution in [0, 0.1) is 6.92 Å². The van der Waals surface area contributed by atoms with Gasteiger partial charge in [-0.2, -0.15) is 0 Å².